The summed E-state index contributed by atoms with van der Waals surface area (Å²) in [6, 6.07) is 34.9. The molecule has 0 saturated carbocycles. The summed E-state index contributed by atoms with van der Waals surface area (Å²) in [5.74, 6) is 0.158. The highest BCUT2D eigenvalue weighted by Crippen LogP contribution is 2.28. The minimum atomic E-state index is -0.151. The molecule has 0 aromatic heterocycles. The Morgan fingerprint density at radius 3 is 1.26 bits per heavy atom. The molecule has 0 amide bonds. The second kappa shape index (κ2) is 11.7. The van der Waals surface area contributed by atoms with Crippen molar-refractivity contribution in [1.29, 1.82) is 0 Å². The molecule has 0 saturated heterocycles. The molecule has 34 heavy (non-hydrogen) atoms. The van der Waals surface area contributed by atoms with Crippen LogP contribution in [0.25, 0.3) is 0 Å². The van der Waals surface area contributed by atoms with Gasteiger partial charge < -0.3 is 10.6 Å². The zero-order valence-electron chi connectivity index (χ0n) is 18.6. The molecule has 2 N–H and O–H groups in total. The SMILES string of the molecule is O=C(C[C@@H](Nc1ccc(Cl)cc1)c1ccccc1)C[C@@H](Nc1ccc(Cl)cc1)c1ccccc1. The molecule has 4 rings (SSSR count). The summed E-state index contributed by atoms with van der Waals surface area (Å²) in [7, 11) is 0. The number of benzene rings is 4. The molecule has 0 aliphatic carbocycles. The molecule has 0 radical (unpaired) electrons. The van der Waals surface area contributed by atoms with Gasteiger partial charge in [0.25, 0.3) is 0 Å². The van der Waals surface area contributed by atoms with Crippen molar-refractivity contribution in [2.75, 3.05) is 10.6 Å². The van der Waals surface area contributed by atoms with Crippen molar-refractivity contribution in [3.8, 4) is 0 Å². The van der Waals surface area contributed by atoms with Gasteiger partial charge in [-0.1, -0.05) is 83.9 Å². The van der Waals surface area contributed by atoms with E-state index in [-0.39, 0.29) is 17.9 Å². The van der Waals surface area contributed by atoms with E-state index in [1.165, 1.54) is 0 Å². The number of nitrogens with one attached hydrogen (secondary N) is 2. The molecule has 2 atom stereocenters. The number of anilines is 2. The molecular weight excluding hydrogens is 463 g/mol. The lowest BCUT2D eigenvalue weighted by molar-refractivity contribution is -0.119. The maximum atomic E-state index is 13.4. The van der Waals surface area contributed by atoms with Crippen LogP contribution in [0.5, 0.6) is 0 Å². The van der Waals surface area contributed by atoms with E-state index in [1.807, 2.05) is 109 Å². The lowest BCUT2D eigenvalue weighted by atomic mass is 9.95. The summed E-state index contributed by atoms with van der Waals surface area (Å²) in [5, 5.41) is 8.37. The van der Waals surface area contributed by atoms with E-state index in [9.17, 15) is 4.79 Å². The van der Waals surface area contributed by atoms with E-state index >= 15 is 0 Å². The third-order valence-electron chi connectivity index (χ3n) is 5.64. The lowest BCUT2D eigenvalue weighted by Crippen LogP contribution is -2.20. The summed E-state index contributed by atoms with van der Waals surface area (Å²) in [4.78, 5) is 13.4. The van der Waals surface area contributed by atoms with Crippen molar-refractivity contribution in [1.82, 2.24) is 0 Å². The molecule has 172 valence electrons. The molecule has 0 aliphatic heterocycles. The molecule has 4 aromatic carbocycles. The van der Waals surface area contributed by atoms with E-state index in [4.69, 9.17) is 23.2 Å². The van der Waals surface area contributed by atoms with Crippen LogP contribution in [-0.4, -0.2) is 5.78 Å². The second-order valence-electron chi connectivity index (χ2n) is 8.18. The van der Waals surface area contributed by atoms with Crippen LogP contribution >= 0.6 is 23.2 Å². The van der Waals surface area contributed by atoms with Crippen LogP contribution in [0.3, 0.4) is 0 Å². The standard InChI is InChI=1S/C29H26Cl2N2O/c30-23-11-15-25(16-12-23)32-28(21-7-3-1-4-8-21)19-27(34)20-29(22-9-5-2-6-10-22)33-26-17-13-24(31)14-18-26/h1-18,28-29,32-33H,19-20H2/t28-,29-/m1/s1. The van der Waals surface area contributed by atoms with Gasteiger partial charge in [0.15, 0.2) is 0 Å². The average Bonchev–Trinajstić information content (AvgIpc) is 2.87. The Labute approximate surface area is 210 Å². The summed E-state index contributed by atoms with van der Waals surface area (Å²) >= 11 is 12.1. The van der Waals surface area contributed by atoms with Gasteiger partial charge in [-0.15, -0.1) is 0 Å². The Bertz CT molecular complexity index is 1090. The Balaban J connectivity index is 1.52. The summed E-state index contributed by atoms with van der Waals surface area (Å²) in [6.07, 6.45) is 0.719. The van der Waals surface area contributed by atoms with Crippen molar-refractivity contribution < 1.29 is 4.79 Å². The third-order valence-corrected chi connectivity index (χ3v) is 6.14. The molecule has 0 fully saturated rings. The fraction of sp³-hybridized carbons (Fsp3) is 0.138. The van der Waals surface area contributed by atoms with Crippen LogP contribution in [0.15, 0.2) is 109 Å². The van der Waals surface area contributed by atoms with E-state index in [0.29, 0.717) is 22.9 Å². The van der Waals surface area contributed by atoms with Gasteiger partial charge >= 0.3 is 0 Å². The quantitative estimate of drug-likeness (QED) is 0.235. The lowest BCUT2D eigenvalue weighted by Gasteiger charge is -2.23. The van der Waals surface area contributed by atoms with Crippen LogP contribution in [0, 0.1) is 0 Å². The molecule has 0 aliphatic rings. The number of ketones is 1. The van der Waals surface area contributed by atoms with Crippen molar-refractivity contribution in [3.05, 3.63) is 130 Å². The first-order chi connectivity index (χ1) is 16.6. The molecule has 0 heterocycles. The Morgan fingerprint density at radius 2 is 0.912 bits per heavy atom. The van der Waals surface area contributed by atoms with Crippen LogP contribution in [0.4, 0.5) is 11.4 Å². The smallest absolute Gasteiger partial charge is 0.137 e. The Morgan fingerprint density at radius 1 is 0.559 bits per heavy atom. The van der Waals surface area contributed by atoms with E-state index in [0.717, 1.165) is 22.5 Å². The molecule has 5 heteroatoms. The fourth-order valence-electron chi connectivity index (χ4n) is 3.91. The van der Waals surface area contributed by atoms with Crippen LogP contribution in [0.1, 0.15) is 36.1 Å². The van der Waals surface area contributed by atoms with E-state index < -0.39 is 0 Å². The van der Waals surface area contributed by atoms with Crippen molar-refractivity contribution >= 4 is 40.4 Å². The van der Waals surface area contributed by atoms with E-state index in [2.05, 4.69) is 10.6 Å². The monoisotopic (exact) mass is 488 g/mol. The van der Waals surface area contributed by atoms with Gasteiger partial charge in [-0.3, -0.25) is 4.79 Å². The van der Waals surface area contributed by atoms with Crippen LogP contribution in [-0.2, 0) is 4.79 Å². The molecular formula is C29H26Cl2N2O. The number of hydrogen-bond acceptors (Lipinski definition) is 3. The van der Waals surface area contributed by atoms with Gasteiger partial charge in [0.1, 0.15) is 5.78 Å². The first-order valence-electron chi connectivity index (χ1n) is 11.2. The Kier molecular flexibility index (Phi) is 8.24. The first kappa shape index (κ1) is 23.9. The predicted molar refractivity (Wildman–Crippen MR) is 143 cm³/mol. The number of rotatable bonds is 10. The molecule has 0 unspecified atom stereocenters. The molecule has 0 bridgehead atoms. The summed E-state index contributed by atoms with van der Waals surface area (Å²) < 4.78 is 0. The van der Waals surface area contributed by atoms with Crippen LogP contribution < -0.4 is 10.6 Å². The topological polar surface area (TPSA) is 41.1 Å². The maximum absolute atomic E-state index is 13.4. The highest BCUT2D eigenvalue weighted by Gasteiger charge is 2.21. The minimum absolute atomic E-state index is 0.151. The average molecular weight is 489 g/mol. The van der Waals surface area contributed by atoms with Crippen molar-refractivity contribution in [2.45, 2.75) is 24.9 Å². The molecule has 0 spiro atoms. The number of halogens is 2. The zero-order valence-corrected chi connectivity index (χ0v) is 20.1. The number of carbonyl (C=O) groups excluding carboxylic acids is 1. The fourth-order valence-corrected chi connectivity index (χ4v) is 4.16. The van der Waals surface area contributed by atoms with Gasteiger partial charge in [-0.25, -0.2) is 0 Å². The number of hydrogen-bond donors (Lipinski definition) is 2. The van der Waals surface area contributed by atoms with Gasteiger partial charge in [0.2, 0.25) is 0 Å². The second-order valence-corrected chi connectivity index (χ2v) is 9.05. The van der Waals surface area contributed by atoms with Gasteiger partial charge in [0, 0.05) is 34.3 Å². The van der Waals surface area contributed by atoms with Gasteiger partial charge in [-0.2, -0.15) is 0 Å². The summed E-state index contributed by atoms with van der Waals surface area (Å²) in [5.41, 5.74) is 3.97. The highest BCUT2D eigenvalue weighted by molar-refractivity contribution is 6.30. The Hall–Kier alpha value is -3.27. The number of carbonyl (C=O) groups is 1. The normalized spacial score (nSPS) is 12.5. The third kappa shape index (κ3) is 6.86. The minimum Gasteiger partial charge on any atom is -0.378 e. The first-order valence-corrected chi connectivity index (χ1v) is 12.0. The zero-order chi connectivity index (χ0) is 23.8. The van der Waals surface area contributed by atoms with Gasteiger partial charge in [0.05, 0.1) is 12.1 Å². The predicted octanol–water partition coefficient (Wildman–Crippen LogP) is 8.35. The van der Waals surface area contributed by atoms with Crippen molar-refractivity contribution in [3.63, 3.8) is 0 Å². The maximum Gasteiger partial charge on any atom is 0.137 e. The van der Waals surface area contributed by atoms with Gasteiger partial charge in [-0.05, 0) is 59.7 Å². The van der Waals surface area contributed by atoms with Crippen molar-refractivity contribution in [2.24, 2.45) is 0 Å². The molecule has 4 aromatic rings. The molecule has 3 nitrogen and oxygen atoms in total. The van der Waals surface area contributed by atoms with E-state index in [1.54, 1.807) is 0 Å². The number of Topliss-reactive ketones (excluding diaryl/α,β-unsaturated/α-hetero) is 1. The summed E-state index contributed by atoms with van der Waals surface area (Å²) in [6.45, 7) is 0. The highest BCUT2D eigenvalue weighted by atomic mass is 35.5. The largest absolute Gasteiger partial charge is 0.378 e. The van der Waals surface area contributed by atoms with Crippen LogP contribution in [0.2, 0.25) is 10.0 Å².